The summed E-state index contributed by atoms with van der Waals surface area (Å²) in [6.45, 7) is 0.918. The lowest BCUT2D eigenvalue weighted by molar-refractivity contribution is -0.177. The van der Waals surface area contributed by atoms with Crippen molar-refractivity contribution in [3.05, 3.63) is 83.9 Å². The van der Waals surface area contributed by atoms with Crippen LogP contribution in [0, 0.1) is 11.3 Å². The Hall–Kier alpha value is -2.96. The van der Waals surface area contributed by atoms with Crippen LogP contribution in [-0.4, -0.2) is 38.9 Å². The number of rotatable bonds is 10. The van der Waals surface area contributed by atoms with Crippen molar-refractivity contribution in [3.63, 3.8) is 0 Å². The van der Waals surface area contributed by atoms with Gasteiger partial charge in [0.15, 0.2) is 5.41 Å². The molecule has 1 unspecified atom stereocenters. The molecule has 164 valence electrons. The van der Waals surface area contributed by atoms with Crippen molar-refractivity contribution in [2.24, 2.45) is 11.3 Å². The molecule has 0 bridgehead atoms. The van der Waals surface area contributed by atoms with Crippen molar-refractivity contribution in [2.75, 3.05) is 20.8 Å². The molecule has 0 saturated carbocycles. The second-order valence-corrected chi connectivity index (χ2v) is 7.45. The molecule has 0 spiro atoms. The largest absolute Gasteiger partial charge is 0.468 e. The van der Waals surface area contributed by atoms with Gasteiger partial charge >= 0.3 is 11.9 Å². The molecule has 2 atom stereocenters. The monoisotopic (exact) mass is 424 g/mol. The maximum absolute atomic E-state index is 12.8. The normalized spacial score (nSPS) is 17.8. The molecule has 0 saturated heterocycles. The lowest BCUT2D eigenvalue weighted by atomic mass is 9.74. The Labute approximate surface area is 182 Å². The average molecular weight is 424 g/mol. The van der Waals surface area contributed by atoms with E-state index in [0.717, 1.165) is 11.1 Å². The number of carbonyl (C=O) groups is 2. The van der Waals surface area contributed by atoms with Gasteiger partial charge in [-0.15, -0.1) is 0 Å². The third-order valence-electron chi connectivity index (χ3n) is 5.55. The van der Waals surface area contributed by atoms with Crippen molar-refractivity contribution in [1.82, 2.24) is 0 Å². The summed E-state index contributed by atoms with van der Waals surface area (Å²) in [5.41, 5.74) is 0.527. The number of hydrogen-bond donors (Lipinski definition) is 0. The van der Waals surface area contributed by atoms with Crippen molar-refractivity contribution in [1.29, 1.82) is 0 Å². The fourth-order valence-electron chi connectivity index (χ4n) is 3.93. The molecule has 1 aliphatic rings. The van der Waals surface area contributed by atoms with E-state index in [-0.39, 0.29) is 13.0 Å². The first-order chi connectivity index (χ1) is 15.1. The minimum atomic E-state index is -1.49. The number of hydrogen-bond acceptors (Lipinski definition) is 6. The summed E-state index contributed by atoms with van der Waals surface area (Å²) in [6.07, 6.45) is 3.27. The fourth-order valence-corrected chi connectivity index (χ4v) is 3.93. The van der Waals surface area contributed by atoms with Gasteiger partial charge in [-0.05, 0) is 17.5 Å². The SMILES string of the molecule is COC(=O)C1(C(=O)OC)CC=C[C@@H]1C(COCc1ccccc1)OCc1ccccc1. The molecule has 31 heavy (non-hydrogen) atoms. The van der Waals surface area contributed by atoms with Gasteiger partial charge in [0.25, 0.3) is 0 Å². The Morgan fingerprint density at radius 2 is 1.45 bits per heavy atom. The first-order valence-electron chi connectivity index (χ1n) is 10.2. The smallest absolute Gasteiger partial charge is 0.324 e. The number of ether oxygens (including phenoxy) is 4. The summed E-state index contributed by atoms with van der Waals surface area (Å²) in [6, 6.07) is 19.5. The molecule has 3 rings (SSSR count). The summed E-state index contributed by atoms with van der Waals surface area (Å²) in [7, 11) is 2.54. The fraction of sp³-hybridized carbons (Fsp3) is 0.360. The molecule has 6 heteroatoms. The minimum Gasteiger partial charge on any atom is -0.468 e. The van der Waals surface area contributed by atoms with E-state index < -0.39 is 29.4 Å². The highest BCUT2D eigenvalue weighted by Crippen LogP contribution is 2.44. The van der Waals surface area contributed by atoms with Crippen LogP contribution in [0.4, 0.5) is 0 Å². The van der Waals surface area contributed by atoms with Gasteiger partial charge in [0.05, 0.1) is 40.1 Å². The molecule has 0 fully saturated rings. The van der Waals surface area contributed by atoms with Crippen molar-refractivity contribution >= 4 is 11.9 Å². The number of methoxy groups -OCH3 is 2. The van der Waals surface area contributed by atoms with Crippen molar-refractivity contribution in [3.8, 4) is 0 Å². The van der Waals surface area contributed by atoms with Crippen LogP contribution in [0.5, 0.6) is 0 Å². The predicted molar refractivity (Wildman–Crippen MR) is 115 cm³/mol. The van der Waals surface area contributed by atoms with Crippen LogP contribution in [0.3, 0.4) is 0 Å². The highest BCUT2D eigenvalue weighted by molar-refractivity contribution is 6.01. The Morgan fingerprint density at radius 1 is 0.903 bits per heavy atom. The second kappa shape index (κ2) is 10.9. The zero-order chi connectivity index (χ0) is 22.1. The van der Waals surface area contributed by atoms with E-state index in [9.17, 15) is 9.59 Å². The number of allylic oxidation sites excluding steroid dienone is 1. The van der Waals surface area contributed by atoms with E-state index in [1.807, 2.05) is 66.7 Å². The minimum absolute atomic E-state index is 0.195. The van der Waals surface area contributed by atoms with E-state index in [4.69, 9.17) is 18.9 Å². The molecule has 0 radical (unpaired) electrons. The Bertz CT molecular complexity index is 861. The zero-order valence-electron chi connectivity index (χ0n) is 17.9. The highest BCUT2D eigenvalue weighted by atomic mass is 16.6. The van der Waals surface area contributed by atoms with Crippen LogP contribution in [0.1, 0.15) is 17.5 Å². The molecule has 2 aromatic rings. The summed E-state index contributed by atoms with van der Waals surface area (Å²) in [4.78, 5) is 25.5. The molecule has 0 aliphatic heterocycles. The number of benzene rings is 2. The first-order valence-corrected chi connectivity index (χ1v) is 10.2. The molecule has 1 aliphatic carbocycles. The summed E-state index contributed by atoms with van der Waals surface area (Å²) < 4.78 is 22.1. The van der Waals surface area contributed by atoms with Gasteiger partial charge in [-0.2, -0.15) is 0 Å². The van der Waals surface area contributed by atoms with Gasteiger partial charge in [-0.3, -0.25) is 9.59 Å². The molecular formula is C25H28O6. The number of esters is 2. The van der Waals surface area contributed by atoms with E-state index in [2.05, 4.69) is 0 Å². The van der Waals surface area contributed by atoms with Gasteiger partial charge in [-0.1, -0.05) is 72.8 Å². The van der Waals surface area contributed by atoms with Crippen LogP contribution in [0.25, 0.3) is 0 Å². The molecule has 0 N–H and O–H groups in total. The van der Waals surface area contributed by atoms with Crippen LogP contribution < -0.4 is 0 Å². The predicted octanol–water partition coefficient (Wildman–Crippen LogP) is 3.70. The molecule has 0 aromatic heterocycles. The Morgan fingerprint density at radius 3 is 2.00 bits per heavy atom. The van der Waals surface area contributed by atoms with Crippen LogP contribution in [0.2, 0.25) is 0 Å². The van der Waals surface area contributed by atoms with Crippen LogP contribution in [-0.2, 0) is 41.8 Å². The Balaban J connectivity index is 1.81. The first kappa shape index (κ1) is 22.7. The molecule has 6 nitrogen and oxygen atoms in total. The topological polar surface area (TPSA) is 71.1 Å². The quantitative estimate of drug-likeness (QED) is 0.329. The maximum atomic E-state index is 12.8. The van der Waals surface area contributed by atoms with Crippen molar-refractivity contribution in [2.45, 2.75) is 25.7 Å². The molecule has 0 heterocycles. The summed E-state index contributed by atoms with van der Waals surface area (Å²) >= 11 is 0. The lowest BCUT2D eigenvalue weighted by Crippen LogP contribution is -2.50. The van der Waals surface area contributed by atoms with Gasteiger partial charge in [0.1, 0.15) is 0 Å². The lowest BCUT2D eigenvalue weighted by Gasteiger charge is -2.34. The third kappa shape index (κ3) is 5.21. The van der Waals surface area contributed by atoms with E-state index in [1.54, 1.807) is 6.08 Å². The highest BCUT2D eigenvalue weighted by Gasteiger charge is 2.57. The second-order valence-electron chi connectivity index (χ2n) is 7.45. The van der Waals surface area contributed by atoms with Crippen molar-refractivity contribution < 1.29 is 28.5 Å². The Kier molecular flexibility index (Phi) is 7.98. The van der Waals surface area contributed by atoms with Crippen LogP contribution >= 0.6 is 0 Å². The molecule has 2 aromatic carbocycles. The molecule has 0 amide bonds. The zero-order valence-corrected chi connectivity index (χ0v) is 17.9. The van der Waals surface area contributed by atoms with E-state index in [1.165, 1.54) is 14.2 Å². The van der Waals surface area contributed by atoms with Gasteiger partial charge in [0.2, 0.25) is 0 Å². The maximum Gasteiger partial charge on any atom is 0.324 e. The number of carbonyl (C=O) groups excluding carboxylic acids is 2. The van der Waals surface area contributed by atoms with E-state index in [0.29, 0.717) is 13.2 Å². The van der Waals surface area contributed by atoms with Gasteiger partial charge < -0.3 is 18.9 Å². The third-order valence-corrected chi connectivity index (χ3v) is 5.55. The average Bonchev–Trinajstić information content (AvgIpc) is 3.27. The summed E-state index contributed by atoms with van der Waals surface area (Å²) in [5, 5.41) is 0. The summed E-state index contributed by atoms with van der Waals surface area (Å²) in [5.74, 6) is -1.84. The van der Waals surface area contributed by atoms with Gasteiger partial charge in [0, 0.05) is 5.92 Å². The standard InChI is InChI=1S/C25H28O6/c1-28-23(26)25(24(27)29-2)15-9-14-21(25)22(31-17-20-12-7-4-8-13-20)18-30-16-19-10-5-3-6-11-19/h3-14,21-22H,15-18H2,1-2H3/t21-,22?/m1/s1. The van der Waals surface area contributed by atoms with Crippen LogP contribution in [0.15, 0.2) is 72.8 Å². The van der Waals surface area contributed by atoms with E-state index >= 15 is 0 Å². The molecular weight excluding hydrogens is 396 g/mol. The van der Waals surface area contributed by atoms with Gasteiger partial charge in [-0.25, -0.2) is 0 Å².